The van der Waals surface area contributed by atoms with Crippen molar-refractivity contribution in [2.75, 3.05) is 6.54 Å². The Bertz CT molecular complexity index is 1170. The molecule has 0 saturated carbocycles. The molecule has 4 aromatic rings. The molecule has 3 aromatic carbocycles. The molecule has 0 saturated heterocycles. The second-order valence-corrected chi connectivity index (χ2v) is 7.10. The minimum Gasteiger partial charge on any atom is -0.356 e. The van der Waals surface area contributed by atoms with Gasteiger partial charge in [0, 0.05) is 23.1 Å². The molecule has 0 aliphatic carbocycles. The van der Waals surface area contributed by atoms with Gasteiger partial charge in [-0.1, -0.05) is 60.7 Å². The van der Waals surface area contributed by atoms with Gasteiger partial charge in [0.15, 0.2) is 0 Å². The van der Waals surface area contributed by atoms with Crippen LogP contribution in [0.2, 0.25) is 0 Å². The van der Waals surface area contributed by atoms with Gasteiger partial charge < -0.3 is 9.88 Å². The highest BCUT2D eigenvalue weighted by atomic mass is 19.1. The van der Waals surface area contributed by atoms with Crippen LogP contribution in [0.1, 0.15) is 33.2 Å². The van der Waals surface area contributed by atoms with Crippen molar-refractivity contribution >= 4 is 16.8 Å². The predicted octanol–water partition coefficient (Wildman–Crippen LogP) is 5.09. The van der Waals surface area contributed by atoms with Gasteiger partial charge in [0.05, 0.1) is 11.6 Å². The van der Waals surface area contributed by atoms with E-state index in [1.807, 2.05) is 42.5 Å². The number of aromatic nitrogens is 1. The molecular weight excluding hydrogens is 351 g/mol. The van der Waals surface area contributed by atoms with E-state index in [1.54, 1.807) is 23.1 Å². The molecule has 138 valence electrons. The number of hydrogen-bond donors (Lipinski definition) is 1. The van der Waals surface area contributed by atoms with Crippen molar-refractivity contribution in [3.8, 4) is 0 Å². The Hall–Kier alpha value is -3.40. The monoisotopic (exact) mass is 370 g/mol. The summed E-state index contributed by atoms with van der Waals surface area (Å²) >= 11 is 0. The zero-order valence-corrected chi connectivity index (χ0v) is 15.2. The summed E-state index contributed by atoms with van der Waals surface area (Å²) in [5, 5.41) is 1.19. The highest BCUT2D eigenvalue weighted by Crippen LogP contribution is 2.39. The second-order valence-electron chi connectivity index (χ2n) is 7.10. The number of carbonyl (C=O) groups is 1. The van der Waals surface area contributed by atoms with Gasteiger partial charge in [0.25, 0.3) is 5.91 Å². The van der Waals surface area contributed by atoms with Gasteiger partial charge in [-0.15, -0.1) is 0 Å². The van der Waals surface area contributed by atoms with Crippen LogP contribution in [0.3, 0.4) is 0 Å². The van der Waals surface area contributed by atoms with Gasteiger partial charge >= 0.3 is 0 Å². The first-order valence-electron chi connectivity index (χ1n) is 9.44. The lowest BCUT2D eigenvalue weighted by Gasteiger charge is -2.36. The van der Waals surface area contributed by atoms with Crippen molar-refractivity contribution in [1.82, 2.24) is 9.88 Å². The summed E-state index contributed by atoms with van der Waals surface area (Å²) in [5.41, 5.74) is 4.45. The van der Waals surface area contributed by atoms with Gasteiger partial charge in [0.1, 0.15) is 5.82 Å². The number of nitrogens with zero attached hydrogens (tertiary/aromatic N) is 1. The highest BCUT2D eigenvalue weighted by Gasteiger charge is 2.35. The summed E-state index contributed by atoms with van der Waals surface area (Å²) in [6.07, 6.45) is 0.739. The Kier molecular flexibility index (Phi) is 3.97. The molecule has 1 aliphatic heterocycles. The van der Waals surface area contributed by atoms with E-state index in [1.165, 1.54) is 17.0 Å². The highest BCUT2D eigenvalue weighted by molar-refractivity contribution is 5.96. The molecule has 1 aromatic heterocycles. The first-order chi connectivity index (χ1) is 13.7. The summed E-state index contributed by atoms with van der Waals surface area (Å²) in [4.78, 5) is 18.6. The maximum Gasteiger partial charge on any atom is 0.257 e. The van der Waals surface area contributed by atoms with Crippen LogP contribution in [0.5, 0.6) is 0 Å². The van der Waals surface area contributed by atoms with Crippen molar-refractivity contribution in [2.45, 2.75) is 12.5 Å². The zero-order valence-electron chi connectivity index (χ0n) is 15.2. The number of aromatic amines is 1. The predicted molar refractivity (Wildman–Crippen MR) is 108 cm³/mol. The van der Waals surface area contributed by atoms with Gasteiger partial charge in [-0.3, -0.25) is 4.79 Å². The molecule has 1 aliphatic rings. The molecule has 1 unspecified atom stereocenters. The van der Waals surface area contributed by atoms with Gasteiger partial charge in [-0.05, 0) is 35.7 Å². The van der Waals surface area contributed by atoms with E-state index >= 15 is 0 Å². The van der Waals surface area contributed by atoms with Crippen LogP contribution in [-0.2, 0) is 6.42 Å². The molecule has 0 fully saturated rings. The number of para-hydroxylation sites is 1. The number of nitrogens with one attached hydrogen (secondary N) is 1. The molecule has 0 radical (unpaired) electrons. The van der Waals surface area contributed by atoms with Crippen LogP contribution in [-0.4, -0.2) is 22.3 Å². The lowest BCUT2D eigenvalue weighted by Crippen LogP contribution is -2.41. The summed E-state index contributed by atoms with van der Waals surface area (Å²) in [6.45, 7) is 0.543. The number of amides is 1. The summed E-state index contributed by atoms with van der Waals surface area (Å²) in [7, 11) is 0. The van der Waals surface area contributed by atoms with Gasteiger partial charge in [-0.2, -0.15) is 0 Å². The Morgan fingerprint density at radius 2 is 1.64 bits per heavy atom. The molecule has 1 atom stereocenters. The van der Waals surface area contributed by atoms with Crippen LogP contribution in [0.25, 0.3) is 10.9 Å². The zero-order chi connectivity index (χ0) is 19.1. The lowest BCUT2D eigenvalue weighted by molar-refractivity contribution is 0.0687. The summed E-state index contributed by atoms with van der Waals surface area (Å²) in [5.74, 6) is -0.766. The van der Waals surface area contributed by atoms with Crippen molar-refractivity contribution in [1.29, 1.82) is 0 Å². The number of benzene rings is 3. The number of hydrogen-bond acceptors (Lipinski definition) is 1. The molecule has 0 spiro atoms. The van der Waals surface area contributed by atoms with Gasteiger partial charge in [0.2, 0.25) is 0 Å². The molecule has 2 heterocycles. The number of H-pyrrole nitrogens is 1. The summed E-state index contributed by atoms with van der Waals surface area (Å²) < 4.78 is 14.3. The molecule has 0 bridgehead atoms. The van der Waals surface area contributed by atoms with Crippen LogP contribution in [0.4, 0.5) is 4.39 Å². The standard InChI is InChI=1S/C24H19FN2O/c25-20-12-6-4-11-19(20)24(28)27-15-14-18-17-10-5-7-13-21(17)26-22(18)23(27)16-8-2-1-3-9-16/h1-13,23,26H,14-15H2. The van der Waals surface area contributed by atoms with Gasteiger partial charge in [-0.25, -0.2) is 4.39 Å². The van der Waals surface area contributed by atoms with E-state index in [0.717, 1.165) is 23.2 Å². The third-order valence-electron chi connectivity index (χ3n) is 5.51. The Labute approximate surface area is 162 Å². The topological polar surface area (TPSA) is 36.1 Å². The fourth-order valence-corrected chi connectivity index (χ4v) is 4.23. The Balaban J connectivity index is 1.68. The SMILES string of the molecule is O=C(c1ccccc1F)N1CCc2c([nH]c3ccccc23)C1c1ccccc1. The van der Waals surface area contributed by atoms with E-state index in [0.29, 0.717) is 6.54 Å². The molecular formula is C24H19FN2O. The largest absolute Gasteiger partial charge is 0.356 e. The maximum absolute atomic E-state index is 14.3. The minimum atomic E-state index is -0.484. The molecule has 5 rings (SSSR count). The first kappa shape index (κ1) is 16.8. The summed E-state index contributed by atoms with van der Waals surface area (Å²) in [6, 6.07) is 24.1. The van der Waals surface area contributed by atoms with Crippen molar-refractivity contribution < 1.29 is 9.18 Å². The van der Waals surface area contributed by atoms with E-state index in [9.17, 15) is 9.18 Å². The first-order valence-corrected chi connectivity index (χ1v) is 9.44. The van der Waals surface area contributed by atoms with Crippen LogP contribution in [0.15, 0.2) is 78.9 Å². The van der Waals surface area contributed by atoms with Crippen molar-refractivity contribution in [2.24, 2.45) is 0 Å². The third-order valence-corrected chi connectivity index (χ3v) is 5.51. The number of carbonyl (C=O) groups excluding carboxylic acids is 1. The van der Waals surface area contributed by atoms with E-state index in [-0.39, 0.29) is 17.5 Å². The van der Waals surface area contributed by atoms with E-state index < -0.39 is 5.82 Å². The van der Waals surface area contributed by atoms with E-state index in [2.05, 4.69) is 17.1 Å². The molecule has 1 N–H and O–H groups in total. The molecule has 4 heteroatoms. The average Bonchev–Trinajstić information content (AvgIpc) is 3.12. The second kappa shape index (κ2) is 6.64. The van der Waals surface area contributed by atoms with Crippen LogP contribution in [0, 0.1) is 5.82 Å². The van der Waals surface area contributed by atoms with Crippen molar-refractivity contribution in [3.63, 3.8) is 0 Å². The minimum absolute atomic E-state index is 0.114. The average molecular weight is 370 g/mol. The van der Waals surface area contributed by atoms with Crippen molar-refractivity contribution in [3.05, 3.63) is 107 Å². The third kappa shape index (κ3) is 2.61. The van der Waals surface area contributed by atoms with Crippen LogP contribution < -0.4 is 0 Å². The normalized spacial score (nSPS) is 16.2. The maximum atomic E-state index is 14.3. The van der Waals surface area contributed by atoms with E-state index in [4.69, 9.17) is 0 Å². The molecule has 3 nitrogen and oxygen atoms in total. The fourth-order valence-electron chi connectivity index (χ4n) is 4.23. The Morgan fingerprint density at radius 3 is 2.46 bits per heavy atom. The fraction of sp³-hybridized carbons (Fsp3) is 0.125. The quantitative estimate of drug-likeness (QED) is 0.524. The molecule has 28 heavy (non-hydrogen) atoms. The van der Waals surface area contributed by atoms with Crippen LogP contribution >= 0.6 is 0 Å². The lowest BCUT2D eigenvalue weighted by atomic mass is 9.91. The number of fused-ring (bicyclic) bond motifs is 3. The molecule has 1 amide bonds. The number of rotatable bonds is 2. The smallest absolute Gasteiger partial charge is 0.257 e. The Morgan fingerprint density at radius 1 is 0.929 bits per heavy atom. The number of halogens is 1.